The Morgan fingerprint density at radius 1 is 1.25 bits per heavy atom. The average Bonchev–Trinajstić information content (AvgIpc) is 3.08. The Balaban J connectivity index is 1.37. The number of ether oxygens (including phenoxy) is 1. The van der Waals surface area contributed by atoms with E-state index in [0.29, 0.717) is 17.9 Å². The summed E-state index contributed by atoms with van der Waals surface area (Å²) in [7, 11) is 5.84. The molecule has 32 heavy (non-hydrogen) atoms. The van der Waals surface area contributed by atoms with Crippen LogP contribution >= 0.6 is 0 Å². The summed E-state index contributed by atoms with van der Waals surface area (Å²) >= 11 is 0. The topological polar surface area (TPSA) is 94.1 Å². The number of methoxy groups -OCH3 is 1. The van der Waals surface area contributed by atoms with Gasteiger partial charge in [-0.25, -0.2) is 4.98 Å². The normalized spacial score (nSPS) is 17.5. The highest BCUT2D eigenvalue weighted by atomic mass is 16.5. The van der Waals surface area contributed by atoms with E-state index < -0.39 is 0 Å². The van der Waals surface area contributed by atoms with Crippen molar-refractivity contribution in [3.05, 3.63) is 35.5 Å². The Morgan fingerprint density at radius 2 is 2.06 bits per heavy atom. The van der Waals surface area contributed by atoms with Gasteiger partial charge in [0.2, 0.25) is 5.95 Å². The molecule has 2 saturated carbocycles. The number of nitrogens with one attached hydrogen (secondary N) is 1. The quantitative estimate of drug-likeness (QED) is 0.559. The summed E-state index contributed by atoms with van der Waals surface area (Å²) in [6.07, 6.45) is 8.66. The predicted octanol–water partition coefficient (Wildman–Crippen LogP) is 3.52. The van der Waals surface area contributed by atoms with Gasteiger partial charge in [0, 0.05) is 18.7 Å². The summed E-state index contributed by atoms with van der Waals surface area (Å²) in [6, 6.07) is 6.36. The summed E-state index contributed by atoms with van der Waals surface area (Å²) in [6.45, 7) is 2.36. The van der Waals surface area contributed by atoms with Gasteiger partial charge in [-0.05, 0) is 62.7 Å². The molecule has 1 aromatic carbocycles. The van der Waals surface area contributed by atoms with Crippen LogP contribution in [0.5, 0.6) is 5.75 Å². The van der Waals surface area contributed by atoms with Gasteiger partial charge in [0.05, 0.1) is 19.9 Å². The van der Waals surface area contributed by atoms with Crippen molar-refractivity contribution in [1.29, 1.82) is 0 Å². The molecule has 1 spiro atoms. The van der Waals surface area contributed by atoms with E-state index >= 15 is 0 Å². The molecule has 0 aliphatic heterocycles. The minimum Gasteiger partial charge on any atom is -0.496 e. The monoisotopic (exact) mass is 435 g/mol. The third-order valence-corrected chi connectivity index (χ3v) is 7.09. The Bertz CT molecular complexity index is 1110. The number of hydrogen-bond acceptors (Lipinski definition) is 7. The third-order valence-electron chi connectivity index (χ3n) is 7.09. The van der Waals surface area contributed by atoms with Crippen molar-refractivity contribution in [2.24, 2.45) is 11.3 Å². The Hall–Kier alpha value is -2.87. The molecule has 5 rings (SSSR count). The van der Waals surface area contributed by atoms with E-state index in [0.717, 1.165) is 41.3 Å². The van der Waals surface area contributed by atoms with Crippen molar-refractivity contribution in [3.8, 4) is 5.75 Å². The molecule has 3 N–H and O–H groups in total. The second kappa shape index (κ2) is 8.24. The summed E-state index contributed by atoms with van der Waals surface area (Å²) in [5, 5.41) is 8.16. The van der Waals surface area contributed by atoms with Crippen LogP contribution in [-0.2, 0) is 13.1 Å². The van der Waals surface area contributed by atoms with Gasteiger partial charge in [0.15, 0.2) is 5.82 Å². The molecule has 0 atom stereocenters. The van der Waals surface area contributed by atoms with Gasteiger partial charge >= 0.3 is 0 Å². The molecule has 3 aromatic rings. The van der Waals surface area contributed by atoms with Gasteiger partial charge in [-0.1, -0.05) is 18.6 Å². The summed E-state index contributed by atoms with van der Waals surface area (Å²) in [5.74, 6) is 2.61. The lowest BCUT2D eigenvalue weighted by Gasteiger charge is -2.54. The van der Waals surface area contributed by atoms with Gasteiger partial charge < -0.3 is 20.7 Å². The van der Waals surface area contributed by atoms with Gasteiger partial charge in [0.1, 0.15) is 16.8 Å². The number of nitrogen functional groups attached to an aromatic ring is 1. The van der Waals surface area contributed by atoms with E-state index in [1.165, 1.54) is 37.7 Å². The first-order chi connectivity index (χ1) is 15.4. The fourth-order valence-corrected chi connectivity index (χ4v) is 5.44. The lowest BCUT2D eigenvalue weighted by Crippen LogP contribution is -2.45. The lowest BCUT2D eigenvalue weighted by atomic mass is 9.52. The molecule has 0 bridgehead atoms. The van der Waals surface area contributed by atoms with E-state index in [4.69, 9.17) is 10.5 Å². The first-order valence-corrected chi connectivity index (χ1v) is 11.5. The molecular formula is C24H33N7O. The molecule has 2 heterocycles. The summed E-state index contributed by atoms with van der Waals surface area (Å²) in [4.78, 5) is 11.1. The van der Waals surface area contributed by atoms with Crippen molar-refractivity contribution in [2.75, 3.05) is 38.8 Å². The Kier molecular flexibility index (Phi) is 5.41. The molecular weight excluding hydrogens is 402 g/mol. The van der Waals surface area contributed by atoms with Crippen molar-refractivity contribution in [3.63, 3.8) is 0 Å². The van der Waals surface area contributed by atoms with E-state index in [9.17, 15) is 0 Å². The molecule has 8 heteroatoms. The number of nitrogens with two attached hydrogens (primary N) is 1. The molecule has 2 aliphatic carbocycles. The molecule has 2 aromatic heterocycles. The van der Waals surface area contributed by atoms with Crippen molar-refractivity contribution >= 4 is 22.8 Å². The number of rotatable bonds is 8. The maximum absolute atomic E-state index is 5.99. The van der Waals surface area contributed by atoms with Gasteiger partial charge in [0.25, 0.3) is 0 Å². The van der Waals surface area contributed by atoms with Crippen LogP contribution in [0.3, 0.4) is 0 Å². The number of benzene rings is 1. The van der Waals surface area contributed by atoms with Crippen LogP contribution < -0.4 is 15.8 Å². The average molecular weight is 436 g/mol. The number of nitrogens with zero attached hydrogens (tertiary/aromatic N) is 5. The number of aromatic nitrogens is 4. The van der Waals surface area contributed by atoms with Gasteiger partial charge in [-0.15, -0.1) is 0 Å². The molecule has 0 unspecified atom stereocenters. The standard InChI is InChI=1S/C24H33N7O/c1-30(2)14-16-5-6-18(20(9-16)32-3)15-31-21-19(13-27-31)28-23(25)29-22(21)26-12-17-10-24(11-17)7-4-8-24/h5-6,9,13,17H,4,7-8,10-12,14-15H2,1-3H3,(H3,25,26,28,29). The van der Waals surface area contributed by atoms with Crippen LogP contribution in [0.4, 0.5) is 11.8 Å². The first-order valence-electron chi connectivity index (χ1n) is 11.5. The van der Waals surface area contributed by atoms with E-state index in [1.807, 2.05) is 4.68 Å². The minimum atomic E-state index is 0.272. The number of anilines is 2. The lowest BCUT2D eigenvalue weighted by molar-refractivity contribution is -0.0185. The Labute approximate surface area is 189 Å². The molecule has 0 radical (unpaired) electrons. The fourth-order valence-electron chi connectivity index (χ4n) is 5.44. The van der Waals surface area contributed by atoms with Crippen LogP contribution in [0.2, 0.25) is 0 Å². The second-order valence-corrected chi connectivity index (χ2v) is 9.86. The molecule has 170 valence electrons. The van der Waals surface area contributed by atoms with Crippen molar-refractivity contribution < 1.29 is 4.74 Å². The second-order valence-electron chi connectivity index (χ2n) is 9.86. The SMILES string of the molecule is COc1cc(CN(C)C)ccc1Cn1ncc2nc(N)nc(NCC3CC4(CCC4)C3)c21. The van der Waals surface area contributed by atoms with Crippen molar-refractivity contribution in [2.45, 2.75) is 45.2 Å². The van der Waals surface area contributed by atoms with Gasteiger partial charge in [-0.3, -0.25) is 4.68 Å². The largest absolute Gasteiger partial charge is 0.496 e. The molecule has 2 fully saturated rings. The molecule has 0 amide bonds. The summed E-state index contributed by atoms with van der Waals surface area (Å²) in [5.41, 5.74) is 10.6. The molecule has 0 saturated heterocycles. The smallest absolute Gasteiger partial charge is 0.222 e. The van der Waals surface area contributed by atoms with E-state index in [1.54, 1.807) is 13.3 Å². The third kappa shape index (κ3) is 3.99. The number of fused-ring (bicyclic) bond motifs is 1. The van der Waals surface area contributed by atoms with Gasteiger partial charge in [-0.2, -0.15) is 10.1 Å². The van der Waals surface area contributed by atoms with E-state index in [2.05, 4.69) is 57.6 Å². The zero-order valence-electron chi connectivity index (χ0n) is 19.3. The highest BCUT2D eigenvalue weighted by molar-refractivity contribution is 5.86. The van der Waals surface area contributed by atoms with Crippen LogP contribution in [0, 0.1) is 11.3 Å². The first kappa shape index (κ1) is 21.0. The maximum atomic E-state index is 5.99. The molecule has 2 aliphatic rings. The zero-order valence-corrected chi connectivity index (χ0v) is 19.3. The summed E-state index contributed by atoms with van der Waals surface area (Å²) < 4.78 is 7.63. The molecule has 8 nitrogen and oxygen atoms in total. The zero-order chi connectivity index (χ0) is 22.3. The van der Waals surface area contributed by atoms with Crippen LogP contribution in [-0.4, -0.2) is 52.4 Å². The maximum Gasteiger partial charge on any atom is 0.222 e. The minimum absolute atomic E-state index is 0.272. The highest BCUT2D eigenvalue weighted by Gasteiger charge is 2.47. The Morgan fingerprint density at radius 3 is 2.75 bits per heavy atom. The van der Waals surface area contributed by atoms with E-state index in [-0.39, 0.29) is 5.95 Å². The van der Waals surface area contributed by atoms with Crippen LogP contribution in [0.1, 0.15) is 43.2 Å². The fraction of sp³-hybridized carbons (Fsp3) is 0.542. The van der Waals surface area contributed by atoms with Crippen LogP contribution in [0.25, 0.3) is 11.0 Å². The van der Waals surface area contributed by atoms with Crippen molar-refractivity contribution in [1.82, 2.24) is 24.6 Å². The predicted molar refractivity (Wildman–Crippen MR) is 127 cm³/mol. The highest BCUT2D eigenvalue weighted by Crippen LogP contribution is 2.58. The van der Waals surface area contributed by atoms with Crippen LogP contribution in [0.15, 0.2) is 24.4 Å². The number of hydrogen-bond donors (Lipinski definition) is 2.